The van der Waals surface area contributed by atoms with Gasteiger partial charge in [-0.15, -0.1) is 0 Å². The lowest BCUT2D eigenvalue weighted by atomic mass is 9.86. The lowest BCUT2D eigenvalue weighted by molar-refractivity contribution is 0.0989. The molecule has 0 aromatic heterocycles. The number of ketones is 1. The van der Waals surface area contributed by atoms with Crippen molar-refractivity contribution in [1.29, 1.82) is 0 Å². The fraction of sp³-hybridized carbons (Fsp3) is 0.462. The van der Waals surface area contributed by atoms with Crippen LogP contribution in [0.3, 0.4) is 0 Å². The highest BCUT2D eigenvalue weighted by molar-refractivity contribution is 9.09. The third kappa shape index (κ3) is 3.45. The quantitative estimate of drug-likeness (QED) is 0.599. The summed E-state index contributed by atoms with van der Waals surface area (Å²) in [5.74, 6) is 0.206. The van der Waals surface area contributed by atoms with Crippen LogP contribution in [-0.4, -0.2) is 11.1 Å². The predicted molar refractivity (Wildman–Crippen MR) is 67.9 cm³/mol. The van der Waals surface area contributed by atoms with Crippen LogP contribution in [-0.2, 0) is 5.41 Å². The van der Waals surface area contributed by atoms with Crippen LogP contribution in [0.5, 0.6) is 0 Å². The molecule has 15 heavy (non-hydrogen) atoms. The van der Waals surface area contributed by atoms with Crippen molar-refractivity contribution in [3.05, 3.63) is 35.4 Å². The van der Waals surface area contributed by atoms with Crippen LogP contribution in [0.2, 0.25) is 0 Å². The average Bonchev–Trinajstić information content (AvgIpc) is 2.17. The minimum absolute atomic E-state index is 0.102. The molecule has 82 valence electrons. The summed E-state index contributed by atoms with van der Waals surface area (Å²) in [5, 5.41) is 0.728. The zero-order chi connectivity index (χ0) is 11.5. The molecule has 0 atom stereocenters. The summed E-state index contributed by atoms with van der Waals surface area (Å²) >= 11 is 3.28. The molecule has 0 aliphatic rings. The minimum atomic E-state index is 0.102. The highest BCUT2D eigenvalue weighted by Gasteiger charge is 2.15. The fourth-order valence-electron chi connectivity index (χ4n) is 1.39. The molecule has 1 aromatic rings. The van der Waals surface area contributed by atoms with Crippen molar-refractivity contribution in [1.82, 2.24) is 0 Å². The molecule has 0 saturated carbocycles. The second kappa shape index (κ2) is 4.93. The van der Waals surface area contributed by atoms with Crippen LogP contribution in [0.1, 0.15) is 43.1 Å². The maximum Gasteiger partial charge on any atom is 0.163 e. The Morgan fingerprint density at radius 3 is 2.53 bits per heavy atom. The van der Waals surface area contributed by atoms with E-state index in [2.05, 4.69) is 42.8 Å². The molecular formula is C13H17BrO. The zero-order valence-corrected chi connectivity index (χ0v) is 11.1. The Kier molecular flexibility index (Phi) is 4.09. The normalized spacial score (nSPS) is 11.5. The monoisotopic (exact) mass is 268 g/mol. The van der Waals surface area contributed by atoms with Gasteiger partial charge in [-0.1, -0.05) is 54.9 Å². The molecule has 0 heterocycles. The van der Waals surface area contributed by atoms with Crippen LogP contribution in [0, 0.1) is 0 Å². The Bertz CT molecular complexity index is 350. The number of hydrogen-bond donors (Lipinski definition) is 0. The molecule has 2 heteroatoms. The average molecular weight is 269 g/mol. The van der Waals surface area contributed by atoms with Gasteiger partial charge < -0.3 is 0 Å². The molecule has 0 unspecified atom stereocenters. The van der Waals surface area contributed by atoms with Gasteiger partial charge in [-0.25, -0.2) is 0 Å². The van der Waals surface area contributed by atoms with E-state index in [0.29, 0.717) is 6.42 Å². The first-order valence-corrected chi connectivity index (χ1v) is 6.27. The number of benzene rings is 1. The molecule has 0 amide bonds. The van der Waals surface area contributed by atoms with Crippen molar-refractivity contribution in [3.63, 3.8) is 0 Å². The first kappa shape index (κ1) is 12.4. The van der Waals surface area contributed by atoms with Crippen molar-refractivity contribution >= 4 is 21.7 Å². The van der Waals surface area contributed by atoms with Crippen LogP contribution in [0.15, 0.2) is 24.3 Å². The predicted octanol–water partition coefficient (Wildman–Crippen LogP) is 3.95. The van der Waals surface area contributed by atoms with E-state index in [4.69, 9.17) is 0 Å². The third-order valence-electron chi connectivity index (χ3n) is 2.37. The SMILES string of the molecule is CC(C)(C)c1cccc(C(=O)CCBr)c1. The molecule has 0 aliphatic carbocycles. The fourth-order valence-corrected chi connectivity index (χ4v) is 1.75. The van der Waals surface area contributed by atoms with Gasteiger partial charge in [0.1, 0.15) is 0 Å². The Balaban J connectivity index is 2.98. The summed E-state index contributed by atoms with van der Waals surface area (Å²) in [7, 11) is 0. The van der Waals surface area contributed by atoms with Crippen LogP contribution >= 0.6 is 15.9 Å². The molecule has 0 fully saturated rings. The first-order valence-electron chi connectivity index (χ1n) is 5.15. The van der Waals surface area contributed by atoms with Gasteiger partial charge in [-0.3, -0.25) is 4.79 Å². The zero-order valence-electron chi connectivity index (χ0n) is 9.51. The number of alkyl halides is 1. The van der Waals surface area contributed by atoms with Crippen molar-refractivity contribution in [3.8, 4) is 0 Å². The molecule has 1 nitrogen and oxygen atoms in total. The number of rotatable bonds is 3. The van der Waals surface area contributed by atoms with Gasteiger partial charge in [-0.2, -0.15) is 0 Å². The molecule has 0 radical (unpaired) electrons. The van der Waals surface area contributed by atoms with Gasteiger partial charge in [-0.05, 0) is 17.0 Å². The molecule has 0 aliphatic heterocycles. The van der Waals surface area contributed by atoms with Crippen LogP contribution < -0.4 is 0 Å². The highest BCUT2D eigenvalue weighted by Crippen LogP contribution is 2.23. The summed E-state index contributed by atoms with van der Waals surface area (Å²) in [5.41, 5.74) is 2.13. The lowest BCUT2D eigenvalue weighted by Gasteiger charge is -2.19. The van der Waals surface area contributed by atoms with E-state index in [1.54, 1.807) is 0 Å². The van der Waals surface area contributed by atoms with Gasteiger partial charge in [0, 0.05) is 17.3 Å². The third-order valence-corrected chi connectivity index (χ3v) is 2.77. The number of Topliss-reactive ketones (excluding diaryl/α,β-unsaturated/α-hetero) is 1. The molecule has 1 rings (SSSR count). The molecule has 0 spiro atoms. The second-order valence-corrected chi connectivity index (χ2v) is 5.49. The molecular weight excluding hydrogens is 252 g/mol. The molecule has 0 saturated heterocycles. The van der Waals surface area contributed by atoms with Gasteiger partial charge in [0.15, 0.2) is 5.78 Å². The Morgan fingerprint density at radius 2 is 2.00 bits per heavy atom. The van der Waals surface area contributed by atoms with Crippen molar-refractivity contribution < 1.29 is 4.79 Å². The number of halogens is 1. The van der Waals surface area contributed by atoms with Crippen molar-refractivity contribution in [2.75, 3.05) is 5.33 Å². The molecule has 1 aromatic carbocycles. The maximum atomic E-state index is 11.7. The van der Waals surface area contributed by atoms with Gasteiger partial charge >= 0.3 is 0 Å². The van der Waals surface area contributed by atoms with Crippen molar-refractivity contribution in [2.45, 2.75) is 32.6 Å². The molecule has 0 bridgehead atoms. The van der Waals surface area contributed by atoms with Crippen molar-refractivity contribution in [2.24, 2.45) is 0 Å². The summed E-state index contributed by atoms with van der Waals surface area (Å²) in [6.45, 7) is 6.46. The van der Waals surface area contributed by atoms with Crippen LogP contribution in [0.25, 0.3) is 0 Å². The lowest BCUT2D eigenvalue weighted by Crippen LogP contribution is -2.12. The standard InChI is InChI=1S/C13H17BrO/c1-13(2,3)11-6-4-5-10(9-11)12(15)7-8-14/h4-6,9H,7-8H2,1-3H3. The summed E-state index contributed by atoms with van der Waals surface area (Å²) in [6.07, 6.45) is 0.563. The van der Waals surface area contributed by atoms with E-state index in [1.165, 1.54) is 5.56 Å². The number of carbonyl (C=O) groups excluding carboxylic acids is 1. The summed E-state index contributed by atoms with van der Waals surface area (Å²) < 4.78 is 0. The Morgan fingerprint density at radius 1 is 1.33 bits per heavy atom. The topological polar surface area (TPSA) is 17.1 Å². The largest absolute Gasteiger partial charge is 0.294 e. The smallest absolute Gasteiger partial charge is 0.163 e. The van der Waals surface area contributed by atoms with E-state index >= 15 is 0 Å². The first-order chi connectivity index (χ1) is 6.95. The highest BCUT2D eigenvalue weighted by atomic mass is 79.9. The summed E-state index contributed by atoms with van der Waals surface area (Å²) in [6, 6.07) is 7.93. The van der Waals surface area contributed by atoms with E-state index in [9.17, 15) is 4.79 Å². The van der Waals surface area contributed by atoms with Gasteiger partial charge in [0.2, 0.25) is 0 Å². The second-order valence-electron chi connectivity index (χ2n) is 4.69. The molecule has 0 N–H and O–H groups in total. The number of hydrogen-bond acceptors (Lipinski definition) is 1. The maximum absolute atomic E-state index is 11.7. The van der Waals surface area contributed by atoms with E-state index in [1.807, 2.05) is 18.2 Å². The Labute approximate surface area is 100 Å². The Hall–Kier alpha value is -0.630. The summed E-state index contributed by atoms with van der Waals surface area (Å²) in [4.78, 5) is 11.7. The van der Waals surface area contributed by atoms with E-state index < -0.39 is 0 Å². The van der Waals surface area contributed by atoms with Crippen LogP contribution in [0.4, 0.5) is 0 Å². The van der Waals surface area contributed by atoms with Gasteiger partial charge in [0.25, 0.3) is 0 Å². The van der Waals surface area contributed by atoms with Gasteiger partial charge in [0.05, 0.1) is 0 Å². The minimum Gasteiger partial charge on any atom is -0.294 e. The van der Waals surface area contributed by atoms with E-state index in [-0.39, 0.29) is 11.2 Å². The van der Waals surface area contributed by atoms with E-state index in [0.717, 1.165) is 10.9 Å². The number of carbonyl (C=O) groups is 1.